The van der Waals surface area contributed by atoms with E-state index < -0.39 is 35.4 Å². The zero-order chi connectivity index (χ0) is 15.6. The molecule has 0 radical (unpaired) electrons. The third-order valence-corrected chi connectivity index (χ3v) is 3.30. The summed E-state index contributed by atoms with van der Waals surface area (Å²) >= 11 is 0.571. The standard InChI is InChI=1S/C12H8F3NO4S/c13-12(14,15)7-3-1-2-6(9(7)20-5-17)4-8-10(18)16-11(19)21-8/h1-4,17H,5H2,(H,16,18,19)/b8-4-. The van der Waals surface area contributed by atoms with Crippen LogP contribution in [0.4, 0.5) is 18.0 Å². The molecule has 9 heteroatoms. The molecule has 0 atom stereocenters. The second kappa shape index (κ2) is 5.78. The molecule has 0 saturated carbocycles. The van der Waals surface area contributed by atoms with E-state index in [0.717, 1.165) is 18.2 Å². The van der Waals surface area contributed by atoms with E-state index in [1.165, 1.54) is 6.07 Å². The number of carbonyl (C=O) groups excluding carboxylic acids is 2. The van der Waals surface area contributed by atoms with Crippen molar-refractivity contribution in [2.24, 2.45) is 0 Å². The topological polar surface area (TPSA) is 75.6 Å². The molecule has 0 aromatic heterocycles. The summed E-state index contributed by atoms with van der Waals surface area (Å²) in [6, 6.07) is 3.21. The fourth-order valence-corrected chi connectivity index (χ4v) is 2.35. The summed E-state index contributed by atoms with van der Waals surface area (Å²) in [5.74, 6) is -1.30. The number of rotatable bonds is 3. The summed E-state index contributed by atoms with van der Waals surface area (Å²) in [6.07, 6.45) is -3.58. The van der Waals surface area contributed by atoms with Crippen LogP contribution in [0.1, 0.15) is 11.1 Å². The highest BCUT2D eigenvalue weighted by Crippen LogP contribution is 2.39. The average Bonchev–Trinajstić information content (AvgIpc) is 2.69. The first-order valence-corrected chi connectivity index (χ1v) is 6.33. The number of para-hydroxylation sites is 1. The van der Waals surface area contributed by atoms with Gasteiger partial charge in [-0.3, -0.25) is 14.9 Å². The molecule has 5 nitrogen and oxygen atoms in total. The maximum Gasteiger partial charge on any atom is 0.419 e. The highest BCUT2D eigenvalue weighted by Gasteiger charge is 2.35. The number of amides is 2. The van der Waals surface area contributed by atoms with Crippen molar-refractivity contribution < 1.29 is 32.6 Å². The summed E-state index contributed by atoms with van der Waals surface area (Å²) in [5.41, 5.74) is -1.15. The van der Waals surface area contributed by atoms with Crippen LogP contribution in [-0.4, -0.2) is 23.0 Å². The largest absolute Gasteiger partial charge is 0.466 e. The predicted molar refractivity (Wildman–Crippen MR) is 68.3 cm³/mol. The van der Waals surface area contributed by atoms with Gasteiger partial charge in [0.25, 0.3) is 11.1 Å². The van der Waals surface area contributed by atoms with Crippen LogP contribution in [0.5, 0.6) is 5.75 Å². The summed E-state index contributed by atoms with van der Waals surface area (Å²) in [4.78, 5) is 22.4. The lowest BCUT2D eigenvalue weighted by Crippen LogP contribution is -2.17. The maximum absolute atomic E-state index is 12.9. The Morgan fingerprint density at radius 2 is 2.05 bits per heavy atom. The number of aliphatic hydroxyl groups is 1. The highest BCUT2D eigenvalue weighted by molar-refractivity contribution is 8.18. The van der Waals surface area contributed by atoms with Crippen LogP contribution in [0.2, 0.25) is 0 Å². The van der Waals surface area contributed by atoms with Gasteiger partial charge in [0.1, 0.15) is 5.75 Å². The molecular formula is C12H8F3NO4S. The van der Waals surface area contributed by atoms with Crippen LogP contribution < -0.4 is 10.1 Å². The van der Waals surface area contributed by atoms with Crippen molar-refractivity contribution in [3.05, 3.63) is 34.2 Å². The number of imide groups is 1. The number of ether oxygens (including phenoxy) is 1. The van der Waals surface area contributed by atoms with Crippen molar-refractivity contribution in [2.45, 2.75) is 6.18 Å². The van der Waals surface area contributed by atoms with Gasteiger partial charge < -0.3 is 9.84 Å². The lowest BCUT2D eigenvalue weighted by atomic mass is 10.1. The van der Waals surface area contributed by atoms with E-state index in [2.05, 4.69) is 4.74 Å². The van der Waals surface area contributed by atoms with Gasteiger partial charge in [0, 0.05) is 5.56 Å². The molecule has 0 spiro atoms. The lowest BCUT2D eigenvalue weighted by molar-refractivity contribution is -0.139. The first kappa shape index (κ1) is 15.4. The average molecular weight is 319 g/mol. The van der Waals surface area contributed by atoms with Gasteiger partial charge in [-0.1, -0.05) is 12.1 Å². The van der Waals surface area contributed by atoms with Crippen molar-refractivity contribution in [1.82, 2.24) is 5.32 Å². The molecule has 1 saturated heterocycles. The van der Waals surface area contributed by atoms with Gasteiger partial charge in [0.2, 0.25) is 0 Å². The van der Waals surface area contributed by atoms with E-state index in [-0.39, 0.29) is 10.5 Å². The van der Waals surface area contributed by atoms with Crippen molar-refractivity contribution >= 4 is 29.0 Å². The first-order valence-electron chi connectivity index (χ1n) is 5.51. The minimum Gasteiger partial charge on any atom is -0.466 e. The van der Waals surface area contributed by atoms with E-state index in [0.29, 0.717) is 11.8 Å². The number of hydrogen-bond acceptors (Lipinski definition) is 5. The van der Waals surface area contributed by atoms with Crippen molar-refractivity contribution in [3.63, 3.8) is 0 Å². The number of carbonyl (C=O) groups is 2. The van der Waals surface area contributed by atoms with Crippen LogP contribution in [0, 0.1) is 0 Å². The Kier molecular flexibility index (Phi) is 4.24. The number of hydrogen-bond donors (Lipinski definition) is 2. The Morgan fingerprint density at radius 3 is 2.57 bits per heavy atom. The van der Waals surface area contributed by atoms with Gasteiger partial charge in [0.15, 0.2) is 6.79 Å². The fourth-order valence-electron chi connectivity index (χ4n) is 1.68. The van der Waals surface area contributed by atoms with E-state index >= 15 is 0 Å². The smallest absolute Gasteiger partial charge is 0.419 e. The van der Waals surface area contributed by atoms with Gasteiger partial charge in [-0.25, -0.2) is 0 Å². The van der Waals surface area contributed by atoms with Gasteiger partial charge in [-0.15, -0.1) is 0 Å². The molecule has 2 amide bonds. The number of nitrogens with one attached hydrogen (secondary N) is 1. The second-order valence-corrected chi connectivity index (χ2v) is 4.86. The first-order chi connectivity index (χ1) is 9.82. The van der Waals surface area contributed by atoms with E-state index in [9.17, 15) is 22.8 Å². The number of thioether (sulfide) groups is 1. The molecule has 112 valence electrons. The van der Waals surface area contributed by atoms with Crippen molar-refractivity contribution in [3.8, 4) is 5.75 Å². The third-order valence-electron chi connectivity index (χ3n) is 2.49. The Balaban J connectivity index is 2.51. The number of halogens is 3. The minimum absolute atomic E-state index is 0.0536. The predicted octanol–water partition coefficient (Wildman–Crippen LogP) is 2.36. The molecule has 1 aliphatic heterocycles. The molecule has 2 rings (SSSR count). The van der Waals surface area contributed by atoms with Gasteiger partial charge in [-0.2, -0.15) is 13.2 Å². The quantitative estimate of drug-likeness (QED) is 0.661. The zero-order valence-corrected chi connectivity index (χ0v) is 11.0. The van der Waals surface area contributed by atoms with Crippen LogP contribution >= 0.6 is 11.8 Å². The Morgan fingerprint density at radius 1 is 1.33 bits per heavy atom. The van der Waals surface area contributed by atoms with Crippen LogP contribution in [-0.2, 0) is 11.0 Å². The molecule has 2 N–H and O–H groups in total. The Hall–Kier alpha value is -2.00. The molecule has 1 aliphatic rings. The summed E-state index contributed by atoms with van der Waals surface area (Å²) in [6.45, 7) is -0.957. The Bertz CT molecular complexity index is 627. The van der Waals surface area contributed by atoms with Gasteiger partial charge in [-0.05, 0) is 23.9 Å². The van der Waals surface area contributed by atoms with Crippen LogP contribution in [0.15, 0.2) is 23.1 Å². The number of benzene rings is 1. The molecule has 21 heavy (non-hydrogen) atoms. The second-order valence-electron chi connectivity index (χ2n) is 3.85. The molecule has 1 aromatic rings. The summed E-state index contributed by atoms with van der Waals surface area (Å²) in [7, 11) is 0. The van der Waals surface area contributed by atoms with E-state index in [4.69, 9.17) is 5.11 Å². The van der Waals surface area contributed by atoms with Crippen molar-refractivity contribution in [1.29, 1.82) is 0 Å². The molecule has 0 unspecified atom stereocenters. The molecule has 1 heterocycles. The fraction of sp³-hybridized carbons (Fsp3) is 0.167. The maximum atomic E-state index is 12.9. The van der Waals surface area contributed by atoms with Gasteiger partial charge >= 0.3 is 6.18 Å². The molecule has 1 aromatic carbocycles. The lowest BCUT2D eigenvalue weighted by Gasteiger charge is -2.15. The molecule has 0 aliphatic carbocycles. The third kappa shape index (κ3) is 3.37. The van der Waals surface area contributed by atoms with E-state index in [1.54, 1.807) is 0 Å². The van der Waals surface area contributed by atoms with Gasteiger partial charge in [0.05, 0.1) is 10.5 Å². The van der Waals surface area contributed by atoms with Crippen LogP contribution in [0.3, 0.4) is 0 Å². The molecule has 0 bridgehead atoms. The summed E-state index contributed by atoms with van der Waals surface area (Å²) < 4.78 is 43.3. The number of alkyl halides is 3. The zero-order valence-electron chi connectivity index (χ0n) is 10.2. The molecule has 1 fully saturated rings. The van der Waals surface area contributed by atoms with Crippen molar-refractivity contribution in [2.75, 3.05) is 6.79 Å². The Labute approximate surface area is 120 Å². The highest BCUT2D eigenvalue weighted by atomic mass is 32.2. The monoisotopic (exact) mass is 319 g/mol. The molecular weight excluding hydrogens is 311 g/mol. The van der Waals surface area contributed by atoms with Crippen LogP contribution in [0.25, 0.3) is 6.08 Å². The normalized spacial score (nSPS) is 17.2. The SMILES string of the molecule is O=C1NC(=O)/C(=C/c2cccc(C(F)(F)F)c2OCO)S1. The van der Waals surface area contributed by atoms with E-state index in [1.807, 2.05) is 5.32 Å². The number of aliphatic hydroxyl groups excluding tert-OH is 1. The minimum atomic E-state index is -4.68. The summed E-state index contributed by atoms with van der Waals surface area (Å²) in [5, 5.41) is 10.1.